The fourth-order valence-electron chi connectivity index (χ4n) is 4.77. The van der Waals surface area contributed by atoms with Gasteiger partial charge in [-0.15, -0.1) is 0 Å². The lowest BCUT2D eigenvalue weighted by molar-refractivity contribution is -0.138. The van der Waals surface area contributed by atoms with Gasteiger partial charge in [-0.25, -0.2) is 0 Å². The first-order valence-corrected chi connectivity index (χ1v) is 12.5. The predicted molar refractivity (Wildman–Crippen MR) is 129 cm³/mol. The average Bonchev–Trinajstić information content (AvgIpc) is 2.81. The largest absolute Gasteiger partial charge is 0.373 e. The van der Waals surface area contributed by atoms with E-state index in [9.17, 15) is 14.4 Å². The van der Waals surface area contributed by atoms with Crippen molar-refractivity contribution in [1.82, 2.24) is 10.6 Å². The van der Waals surface area contributed by atoms with Crippen molar-refractivity contribution in [3.8, 4) is 0 Å². The molecule has 2 fully saturated rings. The number of nitrogens with zero attached hydrogens (tertiary/aromatic N) is 1. The number of carbonyl (C=O) groups is 3. The molecule has 1 aromatic rings. The van der Waals surface area contributed by atoms with Crippen LogP contribution in [-0.2, 0) is 14.3 Å². The zero-order valence-corrected chi connectivity index (χ0v) is 20.3. The van der Waals surface area contributed by atoms with Crippen molar-refractivity contribution < 1.29 is 19.1 Å². The van der Waals surface area contributed by atoms with Gasteiger partial charge in [0.25, 0.3) is 5.91 Å². The second-order valence-electron chi connectivity index (χ2n) is 9.77. The molecule has 33 heavy (non-hydrogen) atoms. The summed E-state index contributed by atoms with van der Waals surface area (Å²) in [5.41, 5.74) is 1.59. The molecule has 2 amide bonds. The zero-order chi connectivity index (χ0) is 23.8. The minimum Gasteiger partial charge on any atom is -0.373 e. The molecule has 2 aliphatic rings. The molecule has 2 aliphatic heterocycles. The Kier molecular flexibility index (Phi) is 9.30. The predicted octanol–water partition coefficient (Wildman–Crippen LogP) is 3.32. The van der Waals surface area contributed by atoms with Gasteiger partial charge in [-0.3, -0.25) is 14.4 Å². The molecule has 1 aromatic carbocycles. The van der Waals surface area contributed by atoms with Gasteiger partial charge in [0.15, 0.2) is 5.78 Å². The summed E-state index contributed by atoms with van der Waals surface area (Å²) in [4.78, 5) is 41.1. The van der Waals surface area contributed by atoms with Gasteiger partial charge in [0.1, 0.15) is 12.6 Å². The van der Waals surface area contributed by atoms with Crippen molar-refractivity contribution in [2.75, 3.05) is 31.2 Å². The average molecular weight is 458 g/mol. The van der Waals surface area contributed by atoms with Crippen LogP contribution in [0, 0.1) is 11.8 Å². The first-order valence-electron chi connectivity index (χ1n) is 12.5. The van der Waals surface area contributed by atoms with Crippen LogP contribution >= 0.6 is 0 Å². The topological polar surface area (TPSA) is 87.7 Å². The van der Waals surface area contributed by atoms with Crippen LogP contribution in [0.4, 0.5) is 5.69 Å². The van der Waals surface area contributed by atoms with E-state index < -0.39 is 12.1 Å². The van der Waals surface area contributed by atoms with Crippen LogP contribution in [0.1, 0.15) is 69.7 Å². The summed E-state index contributed by atoms with van der Waals surface area (Å²) in [6.45, 7) is 8.58. The second-order valence-corrected chi connectivity index (χ2v) is 9.77. The highest BCUT2D eigenvalue weighted by Crippen LogP contribution is 2.22. The van der Waals surface area contributed by atoms with Crippen LogP contribution in [0.25, 0.3) is 0 Å². The van der Waals surface area contributed by atoms with Gasteiger partial charge in [-0.05, 0) is 56.2 Å². The van der Waals surface area contributed by atoms with E-state index in [-0.39, 0.29) is 36.0 Å². The van der Waals surface area contributed by atoms with Gasteiger partial charge in [0, 0.05) is 30.3 Å². The van der Waals surface area contributed by atoms with E-state index in [0.29, 0.717) is 18.6 Å². The van der Waals surface area contributed by atoms with Crippen LogP contribution in [0.15, 0.2) is 24.3 Å². The molecular weight excluding hydrogens is 418 g/mol. The summed E-state index contributed by atoms with van der Waals surface area (Å²) in [5.74, 6) is -0.491. The highest BCUT2D eigenvalue weighted by atomic mass is 16.5. The normalized spacial score (nSPS) is 22.2. The van der Waals surface area contributed by atoms with Gasteiger partial charge in [0.2, 0.25) is 5.91 Å². The highest BCUT2D eigenvalue weighted by molar-refractivity contribution is 5.99. The quantitative estimate of drug-likeness (QED) is 0.594. The molecule has 0 bridgehead atoms. The number of benzene rings is 1. The van der Waals surface area contributed by atoms with E-state index in [1.165, 1.54) is 6.42 Å². The van der Waals surface area contributed by atoms with E-state index in [0.717, 1.165) is 44.5 Å². The van der Waals surface area contributed by atoms with Crippen molar-refractivity contribution in [3.05, 3.63) is 29.8 Å². The molecule has 0 radical (unpaired) electrons. The van der Waals surface area contributed by atoms with Gasteiger partial charge < -0.3 is 20.3 Å². The molecule has 3 rings (SSSR count). The number of hydrogen-bond donors (Lipinski definition) is 2. The van der Waals surface area contributed by atoms with E-state index in [2.05, 4.69) is 22.5 Å². The maximum Gasteiger partial charge on any atom is 0.252 e. The van der Waals surface area contributed by atoms with Crippen LogP contribution < -0.4 is 15.5 Å². The van der Waals surface area contributed by atoms with Crippen molar-refractivity contribution in [1.29, 1.82) is 0 Å². The smallest absolute Gasteiger partial charge is 0.252 e. The maximum absolute atomic E-state index is 13.2. The number of ether oxygens (including phenoxy) is 1. The zero-order valence-electron chi connectivity index (χ0n) is 20.3. The van der Waals surface area contributed by atoms with Crippen LogP contribution in [-0.4, -0.2) is 56.0 Å². The van der Waals surface area contributed by atoms with Crippen LogP contribution in [0.3, 0.4) is 0 Å². The van der Waals surface area contributed by atoms with Crippen molar-refractivity contribution in [2.45, 2.75) is 71.4 Å². The summed E-state index contributed by atoms with van der Waals surface area (Å²) in [5, 5.41) is 5.87. The standard InChI is InChI=1S/C26H39N3O4/c1-4-9-20-16-33-17-23(30)24(20)28-26(32)22(14-18(2)3)27-25(31)19-10-8-11-21(15-19)29-12-6-5-7-13-29/h8,10-11,15,18,20,22,24H,4-7,9,12-14,16-17H2,1-3H3,(H,27,31)(H,28,32)/t20?,22?,24-/m0/s1. The number of rotatable bonds is 9. The summed E-state index contributed by atoms with van der Waals surface area (Å²) in [6.07, 6.45) is 5.79. The fraction of sp³-hybridized carbons (Fsp3) is 0.654. The van der Waals surface area contributed by atoms with Gasteiger partial charge in [0.05, 0.1) is 12.6 Å². The molecule has 2 heterocycles. The molecule has 182 valence electrons. The minimum atomic E-state index is -0.700. The Morgan fingerprint density at radius 2 is 1.94 bits per heavy atom. The lowest BCUT2D eigenvalue weighted by atomic mass is 9.90. The first kappa shape index (κ1) is 25.2. The van der Waals surface area contributed by atoms with Crippen LogP contribution in [0.2, 0.25) is 0 Å². The molecule has 7 nitrogen and oxygen atoms in total. The van der Waals surface area contributed by atoms with Gasteiger partial charge >= 0.3 is 0 Å². The van der Waals surface area contributed by atoms with Gasteiger partial charge in [-0.2, -0.15) is 0 Å². The molecule has 2 unspecified atom stereocenters. The highest BCUT2D eigenvalue weighted by Gasteiger charge is 2.35. The third-order valence-electron chi connectivity index (χ3n) is 6.51. The number of ketones is 1. The Morgan fingerprint density at radius 1 is 1.18 bits per heavy atom. The Bertz CT molecular complexity index is 818. The summed E-state index contributed by atoms with van der Waals surface area (Å²) in [6, 6.07) is 6.36. The molecule has 0 spiro atoms. The van der Waals surface area contributed by atoms with E-state index in [1.54, 1.807) is 6.07 Å². The number of Topliss-reactive ketones (excluding diaryl/α,β-unsaturated/α-hetero) is 1. The summed E-state index contributed by atoms with van der Waals surface area (Å²) >= 11 is 0. The summed E-state index contributed by atoms with van der Waals surface area (Å²) in [7, 11) is 0. The Morgan fingerprint density at radius 3 is 2.64 bits per heavy atom. The third-order valence-corrected chi connectivity index (χ3v) is 6.51. The molecule has 2 N–H and O–H groups in total. The number of anilines is 1. The maximum atomic E-state index is 13.2. The van der Waals surface area contributed by atoms with Crippen molar-refractivity contribution >= 4 is 23.3 Å². The molecule has 0 saturated carbocycles. The first-order chi connectivity index (χ1) is 15.9. The van der Waals surface area contributed by atoms with Crippen molar-refractivity contribution in [2.24, 2.45) is 11.8 Å². The van der Waals surface area contributed by atoms with Crippen LogP contribution in [0.5, 0.6) is 0 Å². The van der Waals surface area contributed by atoms with E-state index in [1.807, 2.05) is 32.0 Å². The second kappa shape index (κ2) is 12.2. The fourth-order valence-corrected chi connectivity index (χ4v) is 4.77. The molecule has 0 aliphatic carbocycles. The monoisotopic (exact) mass is 457 g/mol. The van der Waals surface area contributed by atoms with Crippen molar-refractivity contribution in [3.63, 3.8) is 0 Å². The SMILES string of the molecule is CCCC1COCC(=O)[C@H]1NC(=O)C(CC(C)C)NC(=O)c1cccc(N2CCCCC2)c1. The lowest BCUT2D eigenvalue weighted by Crippen LogP contribution is -2.57. The number of carbonyl (C=O) groups excluding carboxylic acids is 3. The molecular formula is C26H39N3O4. The number of hydrogen-bond acceptors (Lipinski definition) is 5. The number of piperidine rings is 1. The third kappa shape index (κ3) is 7.03. The van der Waals surface area contributed by atoms with E-state index in [4.69, 9.17) is 4.74 Å². The number of amides is 2. The summed E-state index contributed by atoms with van der Waals surface area (Å²) < 4.78 is 5.39. The minimum absolute atomic E-state index is 0.0235. The molecule has 0 aromatic heterocycles. The molecule has 7 heteroatoms. The Balaban J connectivity index is 1.70. The molecule has 2 saturated heterocycles. The number of nitrogens with one attached hydrogen (secondary N) is 2. The van der Waals surface area contributed by atoms with E-state index >= 15 is 0 Å². The lowest BCUT2D eigenvalue weighted by Gasteiger charge is -2.32. The van der Waals surface area contributed by atoms with Gasteiger partial charge in [-0.1, -0.05) is 33.3 Å². The Hall–Kier alpha value is -2.41. The Labute approximate surface area is 197 Å². The molecule has 3 atom stereocenters.